The molecule has 2 fully saturated rings. The number of H-pyrrole nitrogens is 1. The van der Waals surface area contributed by atoms with Crippen molar-refractivity contribution < 1.29 is 14.3 Å². The van der Waals surface area contributed by atoms with Crippen LogP contribution in [0.2, 0.25) is 0 Å². The Bertz CT molecular complexity index is 834. The van der Waals surface area contributed by atoms with Crippen molar-refractivity contribution in [2.24, 2.45) is 5.41 Å². The first-order valence-electron chi connectivity index (χ1n) is 9.74. The van der Waals surface area contributed by atoms with Crippen molar-refractivity contribution >= 4 is 23.2 Å². The van der Waals surface area contributed by atoms with Crippen LogP contribution in [0, 0.1) is 5.41 Å². The monoisotopic (exact) mass is 402 g/mol. The first-order valence-corrected chi connectivity index (χ1v) is 10.7. The first-order chi connectivity index (χ1) is 13.6. The molecule has 4 heterocycles. The van der Waals surface area contributed by atoms with Gasteiger partial charge in [0.25, 0.3) is 5.91 Å². The molecule has 150 valence electrons. The molecule has 2 aromatic heterocycles. The molecule has 0 radical (unpaired) electrons. The van der Waals surface area contributed by atoms with Crippen molar-refractivity contribution in [3.8, 4) is 11.3 Å². The Morgan fingerprint density at radius 1 is 1.39 bits per heavy atom. The van der Waals surface area contributed by atoms with E-state index in [-0.39, 0.29) is 17.2 Å². The summed E-state index contributed by atoms with van der Waals surface area (Å²) >= 11 is 1.61. The molecule has 0 unspecified atom stereocenters. The molecule has 1 atom stereocenters. The Balaban J connectivity index is 1.46. The molecular formula is C20H26N4O3S. The molecule has 2 aliphatic heterocycles. The number of rotatable bonds is 5. The smallest absolute Gasteiger partial charge is 0.271 e. The normalized spacial score (nSPS) is 22.8. The van der Waals surface area contributed by atoms with Gasteiger partial charge in [-0.2, -0.15) is 16.4 Å². The van der Waals surface area contributed by atoms with Crippen LogP contribution in [0.3, 0.4) is 0 Å². The van der Waals surface area contributed by atoms with Crippen molar-refractivity contribution in [2.45, 2.75) is 25.7 Å². The zero-order valence-electron chi connectivity index (χ0n) is 16.1. The van der Waals surface area contributed by atoms with E-state index in [0.29, 0.717) is 38.4 Å². The zero-order chi connectivity index (χ0) is 19.6. The van der Waals surface area contributed by atoms with Gasteiger partial charge >= 0.3 is 0 Å². The van der Waals surface area contributed by atoms with Gasteiger partial charge in [-0.1, -0.05) is 0 Å². The van der Waals surface area contributed by atoms with Crippen LogP contribution in [0.5, 0.6) is 0 Å². The molecule has 2 saturated heterocycles. The number of carbonyl (C=O) groups excluding carboxylic acids is 2. The van der Waals surface area contributed by atoms with Gasteiger partial charge in [-0.05, 0) is 36.8 Å². The van der Waals surface area contributed by atoms with Crippen molar-refractivity contribution in [2.75, 3.05) is 39.9 Å². The molecular weight excluding hydrogens is 376 g/mol. The van der Waals surface area contributed by atoms with Gasteiger partial charge in [0, 0.05) is 56.1 Å². The summed E-state index contributed by atoms with van der Waals surface area (Å²) < 4.78 is 5.15. The average Bonchev–Trinajstić information content (AvgIpc) is 3.40. The van der Waals surface area contributed by atoms with Gasteiger partial charge in [0.05, 0.1) is 12.3 Å². The molecule has 0 aliphatic carbocycles. The van der Waals surface area contributed by atoms with E-state index in [2.05, 4.69) is 10.2 Å². The number of hydrogen-bond donors (Lipinski definition) is 1. The van der Waals surface area contributed by atoms with Crippen LogP contribution in [0.4, 0.5) is 0 Å². The number of piperidine rings is 2. The third kappa shape index (κ3) is 3.84. The van der Waals surface area contributed by atoms with Gasteiger partial charge in [0.15, 0.2) is 0 Å². The summed E-state index contributed by atoms with van der Waals surface area (Å²) in [5.74, 6) is 0.188. The van der Waals surface area contributed by atoms with Crippen LogP contribution in [0.15, 0.2) is 22.9 Å². The number of hydrogen-bond acceptors (Lipinski definition) is 5. The summed E-state index contributed by atoms with van der Waals surface area (Å²) in [6.07, 6.45) is 3.42. The minimum atomic E-state index is -0.00816. The zero-order valence-corrected chi connectivity index (χ0v) is 17.0. The maximum Gasteiger partial charge on any atom is 0.271 e. The summed E-state index contributed by atoms with van der Waals surface area (Å²) in [4.78, 5) is 29.2. The minimum Gasteiger partial charge on any atom is -0.383 e. The number of nitrogens with zero attached hydrogens (tertiary/aromatic N) is 3. The van der Waals surface area contributed by atoms with Crippen molar-refractivity contribution in [1.82, 2.24) is 20.0 Å². The van der Waals surface area contributed by atoms with Gasteiger partial charge in [-0.25, -0.2) is 0 Å². The number of likely N-dealkylation sites (tertiary alicyclic amines) is 2. The highest BCUT2D eigenvalue weighted by Gasteiger charge is 2.42. The molecule has 2 amide bonds. The Morgan fingerprint density at radius 3 is 3.07 bits per heavy atom. The second-order valence-electron chi connectivity index (χ2n) is 7.82. The number of aromatic amines is 1. The quantitative estimate of drug-likeness (QED) is 0.834. The van der Waals surface area contributed by atoms with Crippen molar-refractivity contribution in [1.29, 1.82) is 0 Å². The van der Waals surface area contributed by atoms with E-state index in [0.717, 1.165) is 37.1 Å². The van der Waals surface area contributed by atoms with E-state index in [1.807, 2.05) is 32.7 Å². The van der Waals surface area contributed by atoms with Crippen LogP contribution < -0.4 is 0 Å². The van der Waals surface area contributed by atoms with Crippen molar-refractivity contribution in [3.63, 3.8) is 0 Å². The number of thiophene rings is 1. The summed E-state index contributed by atoms with van der Waals surface area (Å²) in [7, 11) is 1.65. The number of amides is 2. The minimum absolute atomic E-state index is 0.00611. The summed E-state index contributed by atoms with van der Waals surface area (Å²) in [5.41, 5.74) is 2.34. The fourth-order valence-corrected chi connectivity index (χ4v) is 5.03. The third-order valence-corrected chi connectivity index (χ3v) is 6.57. The van der Waals surface area contributed by atoms with Crippen LogP contribution in [0.25, 0.3) is 11.3 Å². The lowest BCUT2D eigenvalue weighted by Crippen LogP contribution is -2.55. The van der Waals surface area contributed by atoms with E-state index in [9.17, 15) is 9.59 Å². The number of methoxy groups -OCH3 is 1. The van der Waals surface area contributed by atoms with Crippen LogP contribution >= 0.6 is 11.3 Å². The Kier molecular flexibility index (Phi) is 5.50. The third-order valence-electron chi connectivity index (χ3n) is 5.89. The Hall–Kier alpha value is -2.19. The number of nitrogens with one attached hydrogen (secondary N) is 1. The molecule has 2 aliphatic rings. The SMILES string of the molecule is COCCN1C[C@@]2(CCCN(C(=O)c3cc(-c4ccsc4)n[nH]3)C2)CCC1=O. The largest absolute Gasteiger partial charge is 0.383 e. The number of carbonyl (C=O) groups is 2. The molecule has 28 heavy (non-hydrogen) atoms. The Morgan fingerprint density at radius 2 is 2.29 bits per heavy atom. The van der Waals surface area contributed by atoms with E-state index >= 15 is 0 Å². The molecule has 0 aromatic carbocycles. The molecule has 0 saturated carbocycles. The van der Waals surface area contributed by atoms with Crippen LogP contribution in [-0.2, 0) is 9.53 Å². The van der Waals surface area contributed by atoms with Crippen LogP contribution in [0.1, 0.15) is 36.2 Å². The lowest BCUT2D eigenvalue weighted by atomic mass is 9.73. The van der Waals surface area contributed by atoms with Gasteiger partial charge in [-0.15, -0.1) is 0 Å². The molecule has 7 nitrogen and oxygen atoms in total. The van der Waals surface area contributed by atoms with E-state index in [1.54, 1.807) is 18.4 Å². The fraction of sp³-hybridized carbons (Fsp3) is 0.550. The highest BCUT2D eigenvalue weighted by atomic mass is 32.1. The van der Waals surface area contributed by atoms with Gasteiger partial charge < -0.3 is 14.5 Å². The van der Waals surface area contributed by atoms with Crippen LogP contribution in [-0.4, -0.2) is 71.7 Å². The molecule has 0 bridgehead atoms. The molecule has 2 aromatic rings. The van der Waals surface area contributed by atoms with Gasteiger partial charge in [-0.3, -0.25) is 14.7 Å². The summed E-state index contributed by atoms with van der Waals surface area (Å²) in [5, 5.41) is 11.2. The highest BCUT2D eigenvalue weighted by molar-refractivity contribution is 7.08. The molecule has 1 spiro atoms. The van der Waals surface area contributed by atoms with Gasteiger partial charge in [0.2, 0.25) is 5.91 Å². The fourth-order valence-electron chi connectivity index (χ4n) is 4.38. The number of ether oxygens (including phenoxy) is 1. The average molecular weight is 403 g/mol. The maximum atomic E-state index is 13.1. The lowest BCUT2D eigenvalue weighted by molar-refractivity contribution is -0.139. The topological polar surface area (TPSA) is 78.5 Å². The maximum absolute atomic E-state index is 13.1. The predicted octanol–water partition coefficient (Wildman–Crippen LogP) is 2.63. The highest BCUT2D eigenvalue weighted by Crippen LogP contribution is 2.39. The summed E-state index contributed by atoms with van der Waals surface area (Å²) in [6, 6.07) is 3.83. The molecule has 1 N–H and O–H groups in total. The number of aromatic nitrogens is 2. The van der Waals surface area contributed by atoms with Gasteiger partial charge in [0.1, 0.15) is 5.69 Å². The standard InChI is InChI=1S/C20H26N4O3S/c1-27-9-8-23-13-20(6-3-18(23)25)5-2-7-24(14-20)19(26)17-11-16(21-22-17)15-4-10-28-12-15/h4,10-12H,2-3,5-9,13-14H2,1H3,(H,21,22)/t20-/m1/s1. The Labute approximate surface area is 168 Å². The second-order valence-corrected chi connectivity index (χ2v) is 8.60. The predicted molar refractivity (Wildman–Crippen MR) is 107 cm³/mol. The molecule has 8 heteroatoms. The second kappa shape index (κ2) is 8.05. The molecule has 4 rings (SSSR count). The van der Waals surface area contributed by atoms with E-state index in [4.69, 9.17) is 4.74 Å². The van der Waals surface area contributed by atoms with E-state index < -0.39 is 0 Å². The summed E-state index contributed by atoms with van der Waals surface area (Å²) in [6.45, 7) is 3.32. The lowest BCUT2D eigenvalue weighted by Gasteiger charge is -2.48. The van der Waals surface area contributed by atoms with Crippen molar-refractivity contribution in [3.05, 3.63) is 28.6 Å². The first kappa shape index (κ1) is 19.1. The van der Waals surface area contributed by atoms with E-state index in [1.165, 1.54) is 0 Å².